The molecule has 1 atom stereocenters. The summed E-state index contributed by atoms with van der Waals surface area (Å²) in [6, 6.07) is 15.6. The lowest BCUT2D eigenvalue weighted by molar-refractivity contribution is -0.384. The van der Waals surface area contributed by atoms with E-state index >= 15 is 0 Å². The minimum atomic E-state index is -0.505. The third-order valence-electron chi connectivity index (χ3n) is 3.37. The summed E-state index contributed by atoms with van der Waals surface area (Å²) in [5.41, 5.74) is 1.08. The first-order valence-electron chi connectivity index (χ1n) is 7.25. The predicted octanol–water partition coefficient (Wildman–Crippen LogP) is 2.89. The van der Waals surface area contributed by atoms with Gasteiger partial charge < -0.3 is 10.1 Å². The largest absolute Gasteiger partial charge is 0.484 e. The fourth-order valence-corrected chi connectivity index (χ4v) is 2.05. The van der Waals surface area contributed by atoms with Crippen LogP contribution in [0.1, 0.15) is 18.4 Å². The van der Waals surface area contributed by atoms with Crippen molar-refractivity contribution in [2.24, 2.45) is 0 Å². The number of non-ortho nitro benzene ring substituents is 1. The van der Waals surface area contributed by atoms with Crippen molar-refractivity contribution in [2.45, 2.75) is 12.8 Å². The van der Waals surface area contributed by atoms with Crippen molar-refractivity contribution in [2.75, 3.05) is 13.2 Å². The van der Waals surface area contributed by atoms with Gasteiger partial charge in [0, 0.05) is 12.6 Å². The maximum atomic E-state index is 11.8. The van der Waals surface area contributed by atoms with E-state index < -0.39 is 4.92 Å². The van der Waals surface area contributed by atoms with Crippen LogP contribution < -0.4 is 10.1 Å². The van der Waals surface area contributed by atoms with Gasteiger partial charge >= 0.3 is 0 Å². The normalized spacial score (nSPS) is 11.5. The van der Waals surface area contributed by atoms with Crippen LogP contribution in [-0.4, -0.2) is 24.0 Å². The molecule has 0 aliphatic carbocycles. The van der Waals surface area contributed by atoms with Gasteiger partial charge in [-0.1, -0.05) is 43.3 Å². The van der Waals surface area contributed by atoms with Crippen LogP contribution in [-0.2, 0) is 4.79 Å². The molecule has 0 saturated carbocycles. The summed E-state index contributed by atoms with van der Waals surface area (Å²) in [5.74, 6) is 0.225. The van der Waals surface area contributed by atoms with Crippen LogP contribution in [0.3, 0.4) is 0 Å². The molecule has 0 spiro atoms. The summed E-state index contributed by atoms with van der Waals surface area (Å²) in [7, 11) is 0. The number of nitro groups is 1. The number of carbonyl (C=O) groups is 1. The molecular weight excluding hydrogens is 296 g/mol. The standard InChI is InChI=1S/C17H18N2O4/c1-13(14-6-3-2-4-7-14)11-18-17(20)12-23-16-9-5-8-15(10-16)19(21)22/h2-10,13H,11-12H2,1H3,(H,18,20). The third kappa shape index (κ3) is 5.10. The molecular formula is C17H18N2O4. The van der Waals surface area contributed by atoms with E-state index in [0.29, 0.717) is 12.3 Å². The molecule has 2 rings (SSSR count). The fourth-order valence-electron chi connectivity index (χ4n) is 2.05. The van der Waals surface area contributed by atoms with Gasteiger partial charge in [-0.3, -0.25) is 14.9 Å². The molecule has 1 unspecified atom stereocenters. The average molecular weight is 314 g/mol. The highest BCUT2D eigenvalue weighted by Gasteiger charge is 2.10. The van der Waals surface area contributed by atoms with Crippen molar-refractivity contribution in [3.05, 3.63) is 70.3 Å². The van der Waals surface area contributed by atoms with Crippen LogP contribution in [0.15, 0.2) is 54.6 Å². The Morgan fingerprint density at radius 3 is 2.65 bits per heavy atom. The number of nitrogens with zero attached hydrogens (tertiary/aromatic N) is 1. The SMILES string of the molecule is CC(CNC(=O)COc1cccc([N+](=O)[O-])c1)c1ccccc1. The van der Waals surface area contributed by atoms with Crippen LogP contribution in [0.25, 0.3) is 0 Å². The van der Waals surface area contributed by atoms with E-state index in [1.54, 1.807) is 6.07 Å². The molecule has 120 valence electrons. The van der Waals surface area contributed by atoms with Crippen molar-refractivity contribution >= 4 is 11.6 Å². The Hall–Kier alpha value is -2.89. The lowest BCUT2D eigenvalue weighted by Gasteiger charge is -2.13. The van der Waals surface area contributed by atoms with E-state index in [4.69, 9.17) is 4.74 Å². The van der Waals surface area contributed by atoms with Crippen LogP contribution in [0.5, 0.6) is 5.75 Å². The van der Waals surface area contributed by atoms with E-state index in [2.05, 4.69) is 5.32 Å². The highest BCUT2D eigenvalue weighted by Crippen LogP contribution is 2.19. The predicted molar refractivity (Wildman–Crippen MR) is 86.5 cm³/mol. The second-order valence-corrected chi connectivity index (χ2v) is 5.16. The molecule has 0 bridgehead atoms. The number of nitro benzene ring substituents is 1. The Balaban J connectivity index is 1.79. The minimum absolute atomic E-state index is 0.0689. The lowest BCUT2D eigenvalue weighted by Crippen LogP contribution is -2.31. The quantitative estimate of drug-likeness (QED) is 0.629. The summed E-state index contributed by atoms with van der Waals surface area (Å²) in [6.45, 7) is 2.35. The Bertz CT molecular complexity index is 673. The van der Waals surface area contributed by atoms with E-state index in [1.807, 2.05) is 37.3 Å². The number of hydrogen-bond donors (Lipinski definition) is 1. The molecule has 1 amide bonds. The van der Waals surface area contributed by atoms with Gasteiger partial charge in [0.25, 0.3) is 11.6 Å². The van der Waals surface area contributed by atoms with Crippen molar-refractivity contribution in [3.63, 3.8) is 0 Å². The first-order chi connectivity index (χ1) is 11.1. The summed E-state index contributed by atoms with van der Waals surface area (Å²) >= 11 is 0. The van der Waals surface area contributed by atoms with Gasteiger partial charge in [0.05, 0.1) is 11.0 Å². The van der Waals surface area contributed by atoms with E-state index in [0.717, 1.165) is 5.56 Å². The number of carbonyl (C=O) groups excluding carboxylic acids is 1. The van der Waals surface area contributed by atoms with Crippen molar-refractivity contribution in [1.82, 2.24) is 5.32 Å². The molecule has 1 N–H and O–H groups in total. The zero-order valence-corrected chi connectivity index (χ0v) is 12.8. The summed E-state index contributed by atoms with van der Waals surface area (Å²) < 4.78 is 5.28. The fraction of sp³-hybridized carbons (Fsp3) is 0.235. The number of benzene rings is 2. The van der Waals surface area contributed by atoms with Gasteiger partial charge in [0.2, 0.25) is 0 Å². The van der Waals surface area contributed by atoms with Gasteiger partial charge in [-0.05, 0) is 17.5 Å². The molecule has 0 fully saturated rings. The monoisotopic (exact) mass is 314 g/mol. The first kappa shape index (κ1) is 16.5. The van der Waals surface area contributed by atoms with Gasteiger partial charge in [-0.15, -0.1) is 0 Å². The van der Waals surface area contributed by atoms with E-state index in [1.165, 1.54) is 18.2 Å². The Labute approximate surface area is 134 Å². The maximum Gasteiger partial charge on any atom is 0.273 e. The number of hydrogen-bond acceptors (Lipinski definition) is 4. The highest BCUT2D eigenvalue weighted by molar-refractivity contribution is 5.77. The van der Waals surface area contributed by atoms with Crippen LogP contribution in [0.2, 0.25) is 0 Å². The molecule has 0 radical (unpaired) electrons. The Morgan fingerprint density at radius 1 is 1.22 bits per heavy atom. The molecule has 0 aromatic heterocycles. The molecule has 2 aromatic carbocycles. The summed E-state index contributed by atoms with van der Waals surface area (Å²) in [5, 5.41) is 13.5. The van der Waals surface area contributed by atoms with Crippen molar-refractivity contribution < 1.29 is 14.5 Å². The van der Waals surface area contributed by atoms with Gasteiger partial charge in [0.1, 0.15) is 5.75 Å². The van der Waals surface area contributed by atoms with Crippen molar-refractivity contribution in [3.8, 4) is 5.75 Å². The molecule has 0 aliphatic rings. The van der Waals surface area contributed by atoms with Gasteiger partial charge in [0.15, 0.2) is 6.61 Å². The Kier molecular flexibility index (Phi) is 5.68. The number of rotatable bonds is 7. The second-order valence-electron chi connectivity index (χ2n) is 5.16. The lowest BCUT2D eigenvalue weighted by atomic mass is 10.0. The third-order valence-corrected chi connectivity index (χ3v) is 3.37. The highest BCUT2D eigenvalue weighted by atomic mass is 16.6. The van der Waals surface area contributed by atoms with Gasteiger partial charge in [-0.2, -0.15) is 0 Å². The Morgan fingerprint density at radius 2 is 1.96 bits per heavy atom. The zero-order chi connectivity index (χ0) is 16.7. The first-order valence-corrected chi connectivity index (χ1v) is 7.25. The molecule has 0 saturated heterocycles. The molecule has 0 heterocycles. The number of nitrogens with one attached hydrogen (secondary N) is 1. The molecule has 0 aliphatic heterocycles. The molecule has 6 heteroatoms. The summed E-state index contributed by atoms with van der Waals surface area (Å²) in [4.78, 5) is 22.0. The topological polar surface area (TPSA) is 81.5 Å². The molecule has 6 nitrogen and oxygen atoms in total. The summed E-state index contributed by atoms with van der Waals surface area (Å²) in [6.07, 6.45) is 0. The molecule has 2 aromatic rings. The van der Waals surface area contributed by atoms with Crippen LogP contribution >= 0.6 is 0 Å². The zero-order valence-electron chi connectivity index (χ0n) is 12.8. The van der Waals surface area contributed by atoms with Gasteiger partial charge in [-0.25, -0.2) is 0 Å². The number of amides is 1. The second kappa shape index (κ2) is 7.93. The molecule has 23 heavy (non-hydrogen) atoms. The smallest absolute Gasteiger partial charge is 0.273 e. The van der Waals surface area contributed by atoms with Crippen LogP contribution in [0, 0.1) is 10.1 Å². The van der Waals surface area contributed by atoms with Crippen LogP contribution in [0.4, 0.5) is 5.69 Å². The van der Waals surface area contributed by atoms with E-state index in [-0.39, 0.29) is 24.1 Å². The van der Waals surface area contributed by atoms with Crippen molar-refractivity contribution in [1.29, 1.82) is 0 Å². The average Bonchev–Trinajstić information content (AvgIpc) is 2.58. The minimum Gasteiger partial charge on any atom is -0.484 e. The van der Waals surface area contributed by atoms with E-state index in [9.17, 15) is 14.9 Å². The number of ether oxygens (including phenoxy) is 1. The maximum absolute atomic E-state index is 11.8.